The zero-order valence-electron chi connectivity index (χ0n) is 9.69. The summed E-state index contributed by atoms with van der Waals surface area (Å²) in [5.74, 6) is 1.62. The van der Waals surface area contributed by atoms with Gasteiger partial charge in [0.15, 0.2) is 5.82 Å². The van der Waals surface area contributed by atoms with Crippen molar-refractivity contribution in [2.45, 2.75) is 26.4 Å². The number of ether oxygens (including phenoxy) is 1. The minimum atomic E-state index is -0.173. The average Bonchev–Trinajstić information content (AvgIpc) is 2.69. The molecule has 2 rings (SSSR count). The predicted octanol–water partition coefficient (Wildman–Crippen LogP) is 2.65. The first-order valence-corrected chi connectivity index (χ1v) is 5.19. The molecule has 1 N–H and O–H groups in total. The van der Waals surface area contributed by atoms with E-state index >= 15 is 0 Å². The maximum Gasteiger partial charge on any atom is 0.155 e. The predicted molar refractivity (Wildman–Crippen MR) is 62.2 cm³/mol. The van der Waals surface area contributed by atoms with Crippen LogP contribution in [0.3, 0.4) is 0 Å². The largest absolute Gasteiger partial charge is 0.488 e. The van der Waals surface area contributed by atoms with E-state index in [1.807, 2.05) is 45.0 Å². The summed E-state index contributed by atoms with van der Waals surface area (Å²) < 4.78 is 5.73. The SMILES string of the molecule is CC(C)(C)Oc1ccc(-c2ncn[nH]2)cc1. The molecule has 1 aromatic carbocycles. The summed E-state index contributed by atoms with van der Waals surface area (Å²) in [6.07, 6.45) is 1.49. The van der Waals surface area contributed by atoms with Crippen LogP contribution in [0.4, 0.5) is 0 Å². The Morgan fingerprint density at radius 1 is 1.12 bits per heavy atom. The van der Waals surface area contributed by atoms with Gasteiger partial charge in [0.25, 0.3) is 0 Å². The molecule has 2 aromatic rings. The van der Waals surface area contributed by atoms with Crippen molar-refractivity contribution >= 4 is 0 Å². The van der Waals surface area contributed by atoms with Gasteiger partial charge >= 0.3 is 0 Å². The van der Waals surface area contributed by atoms with E-state index < -0.39 is 0 Å². The number of benzene rings is 1. The molecule has 0 fully saturated rings. The van der Waals surface area contributed by atoms with Gasteiger partial charge < -0.3 is 4.74 Å². The van der Waals surface area contributed by atoms with E-state index in [0.29, 0.717) is 0 Å². The fourth-order valence-electron chi connectivity index (χ4n) is 1.38. The lowest BCUT2D eigenvalue weighted by atomic mass is 10.1. The van der Waals surface area contributed by atoms with Gasteiger partial charge in [-0.1, -0.05) is 0 Å². The molecule has 0 aliphatic rings. The summed E-state index contributed by atoms with van der Waals surface area (Å²) in [5.41, 5.74) is 0.826. The molecule has 0 aliphatic carbocycles. The number of hydrogen-bond donors (Lipinski definition) is 1. The minimum absolute atomic E-state index is 0.173. The van der Waals surface area contributed by atoms with Crippen LogP contribution in [0.5, 0.6) is 5.75 Å². The summed E-state index contributed by atoms with van der Waals surface area (Å²) in [7, 11) is 0. The fraction of sp³-hybridized carbons (Fsp3) is 0.333. The molecule has 4 heteroatoms. The van der Waals surface area contributed by atoms with Gasteiger partial charge in [0.05, 0.1) is 0 Å². The van der Waals surface area contributed by atoms with Crippen LogP contribution >= 0.6 is 0 Å². The van der Waals surface area contributed by atoms with Crippen LogP contribution in [0.25, 0.3) is 11.4 Å². The molecule has 0 amide bonds. The summed E-state index contributed by atoms with van der Waals surface area (Å²) >= 11 is 0. The molecular formula is C12H15N3O. The highest BCUT2D eigenvalue weighted by Gasteiger charge is 2.11. The van der Waals surface area contributed by atoms with Crippen LogP contribution in [0.1, 0.15) is 20.8 Å². The third-order valence-electron chi connectivity index (χ3n) is 1.97. The third-order valence-corrected chi connectivity index (χ3v) is 1.97. The van der Waals surface area contributed by atoms with E-state index in [1.165, 1.54) is 6.33 Å². The molecule has 0 bridgehead atoms. The molecule has 0 atom stereocenters. The molecule has 4 nitrogen and oxygen atoms in total. The van der Waals surface area contributed by atoms with Crippen LogP contribution in [0.15, 0.2) is 30.6 Å². The van der Waals surface area contributed by atoms with Gasteiger partial charge in [-0.15, -0.1) is 0 Å². The molecule has 0 aliphatic heterocycles. The Morgan fingerprint density at radius 3 is 2.31 bits per heavy atom. The van der Waals surface area contributed by atoms with Gasteiger partial charge in [-0.2, -0.15) is 5.10 Å². The Morgan fingerprint density at radius 2 is 1.81 bits per heavy atom. The van der Waals surface area contributed by atoms with Gasteiger partial charge in [-0.05, 0) is 45.0 Å². The lowest BCUT2D eigenvalue weighted by Gasteiger charge is -2.21. The number of hydrogen-bond acceptors (Lipinski definition) is 3. The first kappa shape index (κ1) is 10.7. The molecule has 0 spiro atoms. The normalized spacial score (nSPS) is 11.4. The molecule has 1 aromatic heterocycles. The van der Waals surface area contributed by atoms with Crippen molar-refractivity contribution in [3.05, 3.63) is 30.6 Å². The smallest absolute Gasteiger partial charge is 0.155 e. The Balaban J connectivity index is 2.17. The Bertz CT molecular complexity index is 440. The van der Waals surface area contributed by atoms with Crippen molar-refractivity contribution in [2.75, 3.05) is 0 Å². The monoisotopic (exact) mass is 217 g/mol. The maximum absolute atomic E-state index is 5.73. The van der Waals surface area contributed by atoms with Crippen molar-refractivity contribution in [2.24, 2.45) is 0 Å². The molecule has 84 valence electrons. The second-order valence-electron chi connectivity index (χ2n) is 4.57. The van der Waals surface area contributed by atoms with Crippen molar-refractivity contribution in [1.82, 2.24) is 15.2 Å². The average molecular weight is 217 g/mol. The van der Waals surface area contributed by atoms with Crippen LogP contribution in [0, 0.1) is 0 Å². The zero-order chi connectivity index (χ0) is 11.6. The van der Waals surface area contributed by atoms with Gasteiger partial charge in [0.2, 0.25) is 0 Å². The topological polar surface area (TPSA) is 50.8 Å². The molecule has 0 saturated heterocycles. The molecule has 1 heterocycles. The van der Waals surface area contributed by atoms with Crippen LogP contribution < -0.4 is 4.74 Å². The Kier molecular flexibility index (Phi) is 2.64. The number of aromatic nitrogens is 3. The van der Waals surface area contributed by atoms with E-state index in [4.69, 9.17) is 4.74 Å². The van der Waals surface area contributed by atoms with E-state index in [2.05, 4.69) is 15.2 Å². The lowest BCUT2D eigenvalue weighted by molar-refractivity contribution is 0.131. The summed E-state index contributed by atoms with van der Waals surface area (Å²) in [6, 6.07) is 7.79. The number of nitrogens with one attached hydrogen (secondary N) is 1. The quantitative estimate of drug-likeness (QED) is 0.841. The first-order chi connectivity index (χ1) is 7.54. The summed E-state index contributed by atoms with van der Waals surface area (Å²) in [4.78, 5) is 4.08. The van der Waals surface area contributed by atoms with Crippen molar-refractivity contribution in [3.63, 3.8) is 0 Å². The first-order valence-electron chi connectivity index (χ1n) is 5.19. The Labute approximate surface area is 94.7 Å². The fourth-order valence-corrected chi connectivity index (χ4v) is 1.38. The summed E-state index contributed by atoms with van der Waals surface area (Å²) in [5, 5.41) is 6.63. The van der Waals surface area contributed by atoms with Crippen LogP contribution in [0.2, 0.25) is 0 Å². The standard InChI is InChI=1S/C12H15N3O/c1-12(2,3)16-10-6-4-9(5-7-10)11-13-8-14-15-11/h4-8H,1-3H3,(H,13,14,15). The van der Waals surface area contributed by atoms with E-state index in [9.17, 15) is 0 Å². The van der Waals surface area contributed by atoms with Crippen LogP contribution in [-0.2, 0) is 0 Å². The number of nitrogens with zero attached hydrogens (tertiary/aromatic N) is 2. The molecule has 16 heavy (non-hydrogen) atoms. The van der Waals surface area contributed by atoms with E-state index in [0.717, 1.165) is 17.1 Å². The maximum atomic E-state index is 5.73. The molecule has 0 radical (unpaired) electrons. The van der Waals surface area contributed by atoms with Gasteiger partial charge in [0.1, 0.15) is 17.7 Å². The lowest BCUT2D eigenvalue weighted by Crippen LogP contribution is -2.22. The Hall–Kier alpha value is -1.84. The number of aromatic amines is 1. The molecular weight excluding hydrogens is 202 g/mol. The van der Waals surface area contributed by atoms with Crippen molar-refractivity contribution < 1.29 is 4.74 Å². The third kappa shape index (κ3) is 2.59. The van der Waals surface area contributed by atoms with E-state index in [1.54, 1.807) is 0 Å². The van der Waals surface area contributed by atoms with Crippen molar-refractivity contribution in [3.8, 4) is 17.1 Å². The number of H-pyrrole nitrogens is 1. The van der Waals surface area contributed by atoms with Crippen molar-refractivity contribution in [1.29, 1.82) is 0 Å². The van der Waals surface area contributed by atoms with Gasteiger partial charge in [-0.3, -0.25) is 5.10 Å². The van der Waals surface area contributed by atoms with Crippen LogP contribution in [-0.4, -0.2) is 20.8 Å². The second kappa shape index (κ2) is 3.96. The highest BCUT2D eigenvalue weighted by molar-refractivity contribution is 5.55. The highest BCUT2D eigenvalue weighted by atomic mass is 16.5. The van der Waals surface area contributed by atoms with Gasteiger partial charge in [-0.25, -0.2) is 4.98 Å². The van der Waals surface area contributed by atoms with E-state index in [-0.39, 0.29) is 5.60 Å². The summed E-state index contributed by atoms with van der Waals surface area (Å²) in [6.45, 7) is 6.08. The highest BCUT2D eigenvalue weighted by Crippen LogP contribution is 2.21. The second-order valence-corrected chi connectivity index (χ2v) is 4.57. The zero-order valence-corrected chi connectivity index (χ0v) is 9.69. The molecule has 0 unspecified atom stereocenters. The minimum Gasteiger partial charge on any atom is -0.488 e. The molecule has 0 saturated carbocycles. The number of rotatable bonds is 2. The van der Waals surface area contributed by atoms with Gasteiger partial charge in [0, 0.05) is 5.56 Å².